The van der Waals surface area contributed by atoms with Crippen LogP contribution < -0.4 is 9.64 Å². The second-order valence-corrected chi connectivity index (χ2v) is 9.12. The molecule has 7 heteroatoms. The number of nitrogens with zero attached hydrogens (tertiary/aromatic N) is 1. The van der Waals surface area contributed by atoms with Gasteiger partial charge in [-0.15, -0.1) is 0 Å². The maximum atomic E-state index is 13.2. The fourth-order valence-corrected chi connectivity index (χ4v) is 5.90. The van der Waals surface area contributed by atoms with Crippen LogP contribution in [0.1, 0.15) is 27.1 Å². The number of anilines is 1. The Kier molecular flexibility index (Phi) is 4.30. The topological polar surface area (TPSA) is 90.0 Å². The number of allylic oxidation sites excluding steroid dienone is 2. The minimum atomic E-state index is -0.581. The molecule has 2 saturated carbocycles. The van der Waals surface area contributed by atoms with E-state index in [4.69, 9.17) is 4.74 Å². The minimum absolute atomic E-state index is 0.129. The van der Waals surface area contributed by atoms with Crippen LogP contribution in [0.15, 0.2) is 60.7 Å². The lowest BCUT2D eigenvalue weighted by Crippen LogP contribution is -2.40. The molecule has 33 heavy (non-hydrogen) atoms. The monoisotopic (exact) mass is 443 g/mol. The Balaban J connectivity index is 1.18. The maximum absolute atomic E-state index is 13.2. The van der Waals surface area contributed by atoms with Crippen molar-refractivity contribution in [3.63, 3.8) is 0 Å². The fraction of sp³-hybridized carbons (Fsp3) is 0.308. The molecule has 0 spiro atoms. The Morgan fingerprint density at radius 3 is 1.85 bits per heavy atom. The van der Waals surface area contributed by atoms with Crippen LogP contribution in [-0.4, -0.2) is 30.9 Å². The van der Waals surface area contributed by atoms with E-state index in [2.05, 4.69) is 16.9 Å². The summed E-state index contributed by atoms with van der Waals surface area (Å²) in [6, 6.07) is 12.4. The Bertz CT molecular complexity index is 1180. The first-order valence-electron chi connectivity index (χ1n) is 11.0. The number of esters is 2. The molecule has 1 aliphatic heterocycles. The second kappa shape index (κ2) is 7.13. The average Bonchev–Trinajstić information content (AvgIpc) is 3.62. The zero-order valence-corrected chi connectivity index (χ0v) is 17.8. The van der Waals surface area contributed by atoms with Crippen molar-refractivity contribution in [1.29, 1.82) is 0 Å². The third-order valence-electron chi connectivity index (χ3n) is 7.51. The number of rotatable bonds is 4. The number of hydrogen-bond acceptors (Lipinski definition) is 6. The molecule has 4 aliphatic carbocycles. The van der Waals surface area contributed by atoms with Crippen LogP contribution in [0, 0.1) is 35.5 Å². The van der Waals surface area contributed by atoms with Gasteiger partial charge in [0.25, 0.3) is 0 Å². The largest absolute Gasteiger partial charge is 0.465 e. The van der Waals surface area contributed by atoms with Crippen molar-refractivity contribution < 1.29 is 28.7 Å². The fourth-order valence-electron chi connectivity index (χ4n) is 5.90. The standard InChI is InChI=1S/C26H21NO6/c1-32-25(30)13-4-8-16(9-5-13)33-26(31)14-2-6-15(7-3-14)27-23(28)21-17-10-11-18(20-12-19(17)20)22(21)24(27)29/h2-11,17-22H,12H2,1H3/t17-,18-,19-,20+,21-,22+/m0/s1. The first kappa shape index (κ1) is 19.9. The highest BCUT2D eigenvalue weighted by molar-refractivity contribution is 6.22. The molecule has 7 rings (SSSR count). The van der Waals surface area contributed by atoms with E-state index >= 15 is 0 Å². The van der Waals surface area contributed by atoms with Crippen LogP contribution in [0.4, 0.5) is 5.69 Å². The molecule has 2 bridgehead atoms. The van der Waals surface area contributed by atoms with Gasteiger partial charge in [-0.3, -0.25) is 14.5 Å². The first-order chi connectivity index (χ1) is 16.0. The van der Waals surface area contributed by atoms with E-state index in [0.29, 0.717) is 23.1 Å². The van der Waals surface area contributed by atoms with E-state index in [-0.39, 0.29) is 46.8 Å². The molecular weight excluding hydrogens is 422 g/mol. The number of ether oxygens (including phenoxy) is 2. The number of amides is 2. The van der Waals surface area contributed by atoms with E-state index < -0.39 is 11.9 Å². The van der Waals surface area contributed by atoms with Crippen LogP contribution in [0.3, 0.4) is 0 Å². The Morgan fingerprint density at radius 1 is 0.788 bits per heavy atom. The van der Waals surface area contributed by atoms with Gasteiger partial charge in [0.15, 0.2) is 0 Å². The summed E-state index contributed by atoms with van der Waals surface area (Å²) in [5.41, 5.74) is 1.12. The summed E-state index contributed by atoms with van der Waals surface area (Å²) in [5.74, 6) is -0.0925. The lowest BCUT2D eigenvalue weighted by Gasteiger charge is -2.37. The van der Waals surface area contributed by atoms with Gasteiger partial charge in [-0.05, 0) is 78.6 Å². The molecule has 7 nitrogen and oxygen atoms in total. The molecule has 5 aliphatic rings. The van der Waals surface area contributed by atoms with Gasteiger partial charge in [-0.1, -0.05) is 12.2 Å². The van der Waals surface area contributed by atoms with E-state index in [0.717, 1.165) is 6.42 Å². The molecule has 0 radical (unpaired) electrons. The van der Waals surface area contributed by atoms with Crippen molar-refractivity contribution in [2.45, 2.75) is 6.42 Å². The molecule has 0 aromatic heterocycles. The molecule has 6 atom stereocenters. The number of imide groups is 1. The van der Waals surface area contributed by atoms with E-state index in [1.54, 1.807) is 24.3 Å². The van der Waals surface area contributed by atoms with Gasteiger partial charge < -0.3 is 9.47 Å². The first-order valence-corrected chi connectivity index (χ1v) is 11.0. The number of carbonyl (C=O) groups excluding carboxylic acids is 4. The summed E-state index contributed by atoms with van der Waals surface area (Å²) in [7, 11) is 1.29. The number of hydrogen-bond donors (Lipinski definition) is 0. The summed E-state index contributed by atoms with van der Waals surface area (Å²) in [6.07, 6.45) is 5.41. The molecule has 3 fully saturated rings. The highest BCUT2D eigenvalue weighted by Crippen LogP contribution is 2.65. The zero-order chi connectivity index (χ0) is 22.9. The minimum Gasteiger partial charge on any atom is -0.465 e. The van der Waals surface area contributed by atoms with Crippen LogP contribution in [0.2, 0.25) is 0 Å². The zero-order valence-electron chi connectivity index (χ0n) is 17.8. The van der Waals surface area contributed by atoms with Gasteiger partial charge in [0.1, 0.15) is 5.75 Å². The van der Waals surface area contributed by atoms with Gasteiger partial charge in [-0.2, -0.15) is 0 Å². The molecule has 2 aromatic carbocycles. The lowest BCUT2D eigenvalue weighted by atomic mass is 9.63. The summed E-state index contributed by atoms with van der Waals surface area (Å²) < 4.78 is 10.0. The number of methoxy groups -OCH3 is 1. The normalized spacial score (nSPS) is 30.6. The van der Waals surface area contributed by atoms with Gasteiger partial charge in [-0.25, -0.2) is 9.59 Å². The van der Waals surface area contributed by atoms with E-state index in [1.165, 1.54) is 36.3 Å². The average molecular weight is 443 g/mol. The number of carbonyl (C=O) groups is 4. The molecule has 2 amide bonds. The van der Waals surface area contributed by atoms with E-state index in [9.17, 15) is 19.2 Å². The molecule has 166 valence electrons. The SMILES string of the molecule is COC(=O)c1ccc(OC(=O)c2ccc(N3C(=O)[C@@H]4[C@H]5C=C[C@@H]([C@@H]6C[C@H]56)[C@@H]4C3=O)cc2)cc1. The third kappa shape index (κ3) is 2.95. The molecule has 0 N–H and O–H groups in total. The molecule has 1 heterocycles. The smallest absolute Gasteiger partial charge is 0.343 e. The second-order valence-electron chi connectivity index (χ2n) is 9.12. The van der Waals surface area contributed by atoms with Crippen molar-refractivity contribution in [2.75, 3.05) is 12.0 Å². The van der Waals surface area contributed by atoms with Crippen molar-refractivity contribution in [1.82, 2.24) is 0 Å². The van der Waals surface area contributed by atoms with Crippen molar-refractivity contribution in [3.05, 3.63) is 71.8 Å². The van der Waals surface area contributed by atoms with Gasteiger partial charge in [0, 0.05) is 0 Å². The van der Waals surface area contributed by atoms with Gasteiger partial charge in [0.2, 0.25) is 11.8 Å². The Hall–Kier alpha value is -3.74. The van der Waals surface area contributed by atoms with Crippen LogP contribution in [0.5, 0.6) is 5.75 Å². The Labute approximate surface area is 190 Å². The van der Waals surface area contributed by atoms with Crippen LogP contribution in [0.25, 0.3) is 0 Å². The summed E-state index contributed by atoms with van der Waals surface area (Å²) >= 11 is 0. The molecule has 0 unspecified atom stereocenters. The third-order valence-corrected chi connectivity index (χ3v) is 7.51. The van der Waals surface area contributed by atoms with Crippen molar-refractivity contribution in [3.8, 4) is 5.75 Å². The summed E-state index contributed by atoms with van der Waals surface area (Å²) in [4.78, 5) is 51.7. The molecule has 2 aromatic rings. The maximum Gasteiger partial charge on any atom is 0.343 e. The van der Waals surface area contributed by atoms with Gasteiger partial charge >= 0.3 is 11.9 Å². The van der Waals surface area contributed by atoms with Crippen LogP contribution >= 0.6 is 0 Å². The van der Waals surface area contributed by atoms with Crippen LogP contribution in [-0.2, 0) is 14.3 Å². The predicted molar refractivity (Wildman–Crippen MR) is 116 cm³/mol. The predicted octanol–water partition coefficient (Wildman–Crippen LogP) is 3.25. The Morgan fingerprint density at radius 2 is 1.30 bits per heavy atom. The summed E-state index contributed by atoms with van der Waals surface area (Å²) in [6.45, 7) is 0. The molecular formula is C26H21NO6. The highest BCUT2D eigenvalue weighted by Gasteiger charge is 2.67. The van der Waals surface area contributed by atoms with Gasteiger partial charge in [0.05, 0.1) is 35.8 Å². The summed E-state index contributed by atoms with van der Waals surface area (Å²) in [5, 5.41) is 0. The number of benzene rings is 2. The van der Waals surface area contributed by atoms with Crippen molar-refractivity contribution >= 4 is 29.4 Å². The van der Waals surface area contributed by atoms with E-state index in [1.807, 2.05) is 0 Å². The quantitative estimate of drug-likeness (QED) is 0.312. The molecule has 1 saturated heterocycles. The van der Waals surface area contributed by atoms with Crippen molar-refractivity contribution in [2.24, 2.45) is 35.5 Å². The lowest BCUT2D eigenvalue weighted by molar-refractivity contribution is -0.124. The highest BCUT2D eigenvalue weighted by atomic mass is 16.5.